The number of hydrogen-bond acceptors (Lipinski definition) is 1. The van der Waals surface area contributed by atoms with Gasteiger partial charge in [0, 0.05) is 52.9 Å². The second kappa shape index (κ2) is 7.52. The maximum Gasteiger partial charge on any atom is 0.254 e. The molecule has 0 bridgehead atoms. The van der Waals surface area contributed by atoms with E-state index < -0.39 is 5.82 Å². The lowest BCUT2D eigenvalue weighted by atomic mass is 10.1. The molecule has 0 spiro atoms. The fraction of sp³-hybridized carbons (Fsp3) is 0.0800. The highest BCUT2D eigenvalue weighted by Gasteiger charge is 2.19. The van der Waals surface area contributed by atoms with E-state index in [9.17, 15) is 9.18 Å². The van der Waals surface area contributed by atoms with Crippen molar-refractivity contribution in [1.29, 1.82) is 0 Å². The lowest BCUT2D eigenvalue weighted by Crippen LogP contribution is -2.30. The molecule has 3 aromatic carbocycles. The predicted molar refractivity (Wildman–Crippen MR) is 117 cm³/mol. The third-order valence-corrected chi connectivity index (χ3v) is 5.45. The number of amides is 1. The molecule has 0 aliphatic rings. The third kappa shape index (κ3) is 3.35. The van der Waals surface area contributed by atoms with Crippen molar-refractivity contribution in [2.75, 3.05) is 0 Å². The normalized spacial score (nSPS) is 11.2. The van der Waals surface area contributed by atoms with Gasteiger partial charge in [-0.05, 0) is 53.6 Å². The van der Waals surface area contributed by atoms with Gasteiger partial charge < -0.3 is 14.9 Å². The molecule has 0 saturated carbocycles. The standard InChI is InChI=1S/C25H20FN3O/c26-20-7-1-4-17(14-20)25(30)29(15-18-5-2-8-23-21(18)10-12-27-23)16-19-6-3-9-24-22(19)11-13-28-24/h1-14,27-28H,15-16H2. The SMILES string of the molecule is O=C(c1cccc(F)c1)N(Cc1cccc2[nH]ccc12)Cc1cccc2[nH]ccc12. The van der Waals surface area contributed by atoms with Gasteiger partial charge in [-0.1, -0.05) is 30.3 Å². The number of carbonyl (C=O) groups is 1. The second-order valence-electron chi connectivity index (χ2n) is 7.38. The summed E-state index contributed by atoms with van der Waals surface area (Å²) in [7, 11) is 0. The number of halogens is 1. The van der Waals surface area contributed by atoms with Gasteiger partial charge in [0.25, 0.3) is 5.91 Å². The number of H-pyrrole nitrogens is 2. The minimum absolute atomic E-state index is 0.199. The Morgan fingerprint density at radius 1 is 0.767 bits per heavy atom. The van der Waals surface area contributed by atoms with Crippen molar-refractivity contribution in [2.45, 2.75) is 13.1 Å². The van der Waals surface area contributed by atoms with Crippen molar-refractivity contribution >= 4 is 27.7 Å². The quantitative estimate of drug-likeness (QED) is 0.397. The molecule has 5 heteroatoms. The van der Waals surface area contributed by atoms with Crippen molar-refractivity contribution < 1.29 is 9.18 Å². The molecule has 30 heavy (non-hydrogen) atoms. The average Bonchev–Trinajstić information content (AvgIpc) is 3.43. The first-order valence-corrected chi connectivity index (χ1v) is 9.84. The van der Waals surface area contributed by atoms with Gasteiger partial charge in [-0.15, -0.1) is 0 Å². The summed E-state index contributed by atoms with van der Waals surface area (Å²) in [6, 6.07) is 21.9. The number of fused-ring (bicyclic) bond motifs is 2. The van der Waals surface area contributed by atoms with Crippen LogP contribution in [0.3, 0.4) is 0 Å². The van der Waals surface area contributed by atoms with E-state index >= 15 is 0 Å². The molecule has 0 unspecified atom stereocenters. The molecule has 0 saturated heterocycles. The van der Waals surface area contributed by atoms with Crippen LogP contribution in [0.5, 0.6) is 0 Å². The predicted octanol–water partition coefficient (Wildman–Crippen LogP) is 5.63. The van der Waals surface area contributed by atoms with Crippen LogP contribution in [-0.2, 0) is 13.1 Å². The van der Waals surface area contributed by atoms with Crippen LogP contribution in [0.1, 0.15) is 21.5 Å². The Labute approximate surface area is 173 Å². The highest BCUT2D eigenvalue weighted by atomic mass is 19.1. The van der Waals surface area contributed by atoms with E-state index in [4.69, 9.17) is 0 Å². The zero-order valence-electron chi connectivity index (χ0n) is 16.2. The summed E-state index contributed by atoms with van der Waals surface area (Å²) in [4.78, 5) is 21.6. The zero-order chi connectivity index (χ0) is 20.5. The van der Waals surface area contributed by atoms with Gasteiger partial charge >= 0.3 is 0 Å². The van der Waals surface area contributed by atoms with E-state index in [2.05, 4.69) is 9.97 Å². The molecule has 1 amide bonds. The maximum atomic E-state index is 13.8. The smallest absolute Gasteiger partial charge is 0.254 e. The van der Waals surface area contributed by atoms with Crippen LogP contribution < -0.4 is 0 Å². The van der Waals surface area contributed by atoms with E-state index in [0.29, 0.717) is 18.7 Å². The Kier molecular flexibility index (Phi) is 4.56. The van der Waals surface area contributed by atoms with Gasteiger partial charge in [0.1, 0.15) is 5.82 Å². The number of nitrogens with zero attached hydrogens (tertiary/aromatic N) is 1. The highest BCUT2D eigenvalue weighted by Crippen LogP contribution is 2.24. The van der Waals surface area contributed by atoms with Crippen LogP contribution in [0, 0.1) is 5.82 Å². The van der Waals surface area contributed by atoms with Gasteiger partial charge in [-0.25, -0.2) is 4.39 Å². The molecule has 5 rings (SSSR count). The topological polar surface area (TPSA) is 51.9 Å². The van der Waals surface area contributed by atoms with Gasteiger partial charge in [0.05, 0.1) is 0 Å². The van der Waals surface area contributed by atoms with Crippen LogP contribution in [0.2, 0.25) is 0 Å². The van der Waals surface area contributed by atoms with Gasteiger partial charge in [-0.3, -0.25) is 4.79 Å². The Morgan fingerprint density at radius 2 is 1.33 bits per heavy atom. The number of aromatic nitrogens is 2. The first-order valence-electron chi connectivity index (χ1n) is 9.84. The number of benzene rings is 3. The lowest BCUT2D eigenvalue weighted by molar-refractivity contribution is 0.0731. The van der Waals surface area contributed by atoms with E-state index in [1.54, 1.807) is 17.0 Å². The monoisotopic (exact) mass is 397 g/mol. The molecule has 0 fully saturated rings. The highest BCUT2D eigenvalue weighted by molar-refractivity contribution is 5.95. The molecule has 0 aliphatic heterocycles. The summed E-state index contributed by atoms with van der Waals surface area (Å²) in [5.74, 6) is -0.615. The van der Waals surface area contributed by atoms with Crippen molar-refractivity contribution in [3.8, 4) is 0 Å². The molecular weight excluding hydrogens is 377 g/mol. The fourth-order valence-electron chi connectivity index (χ4n) is 3.99. The van der Waals surface area contributed by atoms with Crippen molar-refractivity contribution in [3.63, 3.8) is 0 Å². The largest absolute Gasteiger partial charge is 0.361 e. The van der Waals surface area contributed by atoms with Crippen LogP contribution in [0.4, 0.5) is 4.39 Å². The number of nitrogens with one attached hydrogen (secondary N) is 2. The Hall–Kier alpha value is -3.86. The summed E-state index contributed by atoms with van der Waals surface area (Å²) in [6.45, 7) is 0.844. The molecule has 0 aliphatic carbocycles. The van der Waals surface area contributed by atoms with Crippen LogP contribution in [0.25, 0.3) is 21.8 Å². The van der Waals surface area contributed by atoms with E-state index in [1.807, 2.05) is 60.9 Å². The molecule has 2 heterocycles. The molecule has 148 valence electrons. The molecule has 4 nitrogen and oxygen atoms in total. The molecule has 5 aromatic rings. The van der Waals surface area contributed by atoms with Crippen LogP contribution in [-0.4, -0.2) is 20.8 Å². The summed E-state index contributed by atoms with van der Waals surface area (Å²) in [6.07, 6.45) is 3.79. The summed E-state index contributed by atoms with van der Waals surface area (Å²) >= 11 is 0. The van der Waals surface area contributed by atoms with Gasteiger partial charge in [0.15, 0.2) is 0 Å². The number of rotatable bonds is 5. The molecule has 2 aromatic heterocycles. The number of carbonyl (C=O) groups excluding carboxylic acids is 1. The third-order valence-electron chi connectivity index (χ3n) is 5.45. The second-order valence-corrected chi connectivity index (χ2v) is 7.38. The molecule has 2 N–H and O–H groups in total. The minimum atomic E-state index is -0.415. The Bertz CT molecular complexity index is 1270. The lowest BCUT2D eigenvalue weighted by Gasteiger charge is -2.24. The van der Waals surface area contributed by atoms with Gasteiger partial charge in [-0.2, -0.15) is 0 Å². The Balaban J connectivity index is 1.55. The van der Waals surface area contributed by atoms with Crippen LogP contribution in [0.15, 0.2) is 85.2 Å². The van der Waals surface area contributed by atoms with Crippen molar-refractivity contribution in [2.24, 2.45) is 0 Å². The maximum absolute atomic E-state index is 13.8. The summed E-state index contributed by atoms with van der Waals surface area (Å²) in [5, 5.41) is 2.16. The first kappa shape index (κ1) is 18.2. The zero-order valence-corrected chi connectivity index (χ0v) is 16.2. The summed E-state index contributed by atoms with van der Waals surface area (Å²) in [5.41, 5.74) is 4.48. The first-order chi connectivity index (χ1) is 14.7. The van der Waals surface area contributed by atoms with Gasteiger partial charge in [0.2, 0.25) is 0 Å². The Morgan fingerprint density at radius 3 is 1.90 bits per heavy atom. The molecule has 0 radical (unpaired) electrons. The number of hydrogen-bond donors (Lipinski definition) is 2. The van der Waals surface area contributed by atoms with E-state index in [1.165, 1.54) is 12.1 Å². The molecule has 0 atom stereocenters. The number of aromatic amines is 2. The average molecular weight is 397 g/mol. The van der Waals surface area contributed by atoms with E-state index in [-0.39, 0.29) is 5.91 Å². The van der Waals surface area contributed by atoms with Crippen LogP contribution >= 0.6 is 0 Å². The fourth-order valence-corrected chi connectivity index (χ4v) is 3.99. The molecular formula is C25H20FN3O. The summed E-state index contributed by atoms with van der Waals surface area (Å²) < 4.78 is 13.8. The van der Waals surface area contributed by atoms with Crippen molar-refractivity contribution in [1.82, 2.24) is 14.9 Å². The van der Waals surface area contributed by atoms with Crippen molar-refractivity contribution in [3.05, 3.63) is 108 Å². The van der Waals surface area contributed by atoms with E-state index in [0.717, 1.165) is 32.9 Å². The minimum Gasteiger partial charge on any atom is -0.361 e.